The van der Waals surface area contributed by atoms with Crippen LogP contribution in [-0.4, -0.2) is 93.2 Å². The summed E-state index contributed by atoms with van der Waals surface area (Å²) in [4.78, 5) is 11.9. The Balaban J connectivity index is 0.00000300. The maximum absolute atomic E-state index is 5.95. The zero-order valence-electron chi connectivity index (χ0n) is 18.2. The minimum absolute atomic E-state index is 0. The van der Waals surface area contributed by atoms with E-state index in [1.54, 1.807) is 0 Å². The van der Waals surface area contributed by atoms with Crippen molar-refractivity contribution < 1.29 is 4.74 Å². The van der Waals surface area contributed by atoms with Crippen molar-refractivity contribution in [1.82, 2.24) is 20.0 Å². The van der Waals surface area contributed by atoms with E-state index >= 15 is 0 Å². The number of aliphatic imine (C=N–C) groups is 1. The van der Waals surface area contributed by atoms with Gasteiger partial charge in [0.15, 0.2) is 5.96 Å². The molecule has 1 aromatic rings. The number of hydrogen-bond donors (Lipinski definition) is 1. The quantitative estimate of drug-likeness (QED) is 0.343. The fourth-order valence-electron chi connectivity index (χ4n) is 4.04. The second-order valence-corrected chi connectivity index (χ2v) is 8.22. The summed E-state index contributed by atoms with van der Waals surface area (Å²) in [6.07, 6.45) is 1.17. The molecule has 2 unspecified atom stereocenters. The molecule has 0 saturated carbocycles. The van der Waals surface area contributed by atoms with Crippen LogP contribution in [-0.2, 0) is 11.3 Å². The van der Waals surface area contributed by atoms with Crippen molar-refractivity contribution >= 4 is 29.9 Å². The Hall–Kier alpha value is -0.900. The molecule has 2 aliphatic rings. The molecule has 0 bridgehead atoms. The number of benzene rings is 1. The molecule has 7 heteroatoms. The predicted molar refractivity (Wildman–Crippen MR) is 131 cm³/mol. The maximum Gasteiger partial charge on any atom is 0.193 e. The summed E-state index contributed by atoms with van der Waals surface area (Å²) in [5.41, 5.74) is 1.24. The average molecular weight is 515 g/mol. The van der Waals surface area contributed by atoms with Gasteiger partial charge in [-0.05, 0) is 26.0 Å². The zero-order valence-corrected chi connectivity index (χ0v) is 20.5. The maximum atomic E-state index is 5.95. The van der Waals surface area contributed by atoms with E-state index in [-0.39, 0.29) is 24.0 Å². The van der Waals surface area contributed by atoms with E-state index in [0.29, 0.717) is 18.6 Å². The molecule has 1 aromatic carbocycles. The van der Waals surface area contributed by atoms with Crippen LogP contribution in [0.15, 0.2) is 35.3 Å². The van der Waals surface area contributed by atoms with Gasteiger partial charge < -0.3 is 19.9 Å². The molecule has 2 heterocycles. The summed E-state index contributed by atoms with van der Waals surface area (Å²) < 4.78 is 5.95. The molecule has 2 atom stereocenters. The van der Waals surface area contributed by atoms with Gasteiger partial charge in [-0.3, -0.25) is 9.89 Å². The third-order valence-electron chi connectivity index (χ3n) is 5.98. The molecular weight excluding hydrogens is 477 g/mol. The van der Waals surface area contributed by atoms with Crippen LogP contribution >= 0.6 is 24.0 Å². The first-order valence-electron chi connectivity index (χ1n) is 10.7. The summed E-state index contributed by atoms with van der Waals surface area (Å²) in [6, 6.07) is 10.9. The van der Waals surface area contributed by atoms with E-state index in [9.17, 15) is 0 Å². The molecule has 3 rings (SSSR count). The molecule has 0 aliphatic carbocycles. The number of likely N-dealkylation sites (tertiary alicyclic amines) is 1. The number of nitrogens with one attached hydrogen (secondary N) is 1. The highest BCUT2D eigenvalue weighted by Crippen LogP contribution is 2.17. The van der Waals surface area contributed by atoms with Gasteiger partial charge in [-0.15, -0.1) is 24.0 Å². The third kappa shape index (κ3) is 7.70. The normalized spacial score (nSPS) is 22.4. The molecule has 164 valence electrons. The topological polar surface area (TPSA) is 43.3 Å². The van der Waals surface area contributed by atoms with E-state index in [0.717, 1.165) is 58.4 Å². The van der Waals surface area contributed by atoms with Crippen LogP contribution < -0.4 is 5.32 Å². The van der Waals surface area contributed by atoms with Crippen molar-refractivity contribution in [3.8, 4) is 0 Å². The number of likely N-dealkylation sites (N-methyl/N-ethyl adjacent to an activating group) is 1. The fourth-order valence-corrected chi connectivity index (χ4v) is 4.04. The van der Waals surface area contributed by atoms with Crippen molar-refractivity contribution in [3.63, 3.8) is 0 Å². The van der Waals surface area contributed by atoms with Gasteiger partial charge in [0.2, 0.25) is 0 Å². The van der Waals surface area contributed by atoms with Crippen molar-refractivity contribution in [2.24, 2.45) is 10.9 Å². The fraction of sp³-hybridized carbons (Fsp3) is 0.682. The highest BCUT2D eigenvalue weighted by Gasteiger charge is 2.26. The summed E-state index contributed by atoms with van der Waals surface area (Å²) in [6.45, 7) is 11.5. The summed E-state index contributed by atoms with van der Waals surface area (Å²) in [5.74, 6) is 1.61. The lowest BCUT2D eigenvalue weighted by atomic mass is 10.1. The van der Waals surface area contributed by atoms with Gasteiger partial charge in [-0.1, -0.05) is 30.3 Å². The third-order valence-corrected chi connectivity index (χ3v) is 5.98. The Kier molecular flexibility index (Phi) is 10.7. The largest absolute Gasteiger partial charge is 0.376 e. The molecule has 0 amide bonds. The molecule has 0 spiro atoms. The number of nitrogens with zero attached hydrogens (tertiary/aromatic N) is 4. The van der Waals surface area contributed by atoms with E-state index in [1.165, 1.54) is 12.0 Å². The average Bonchev–Trinajstić information content (AvgIpc) is 3.18. The van der Waals surface area contributed by atoms with Gasteiger partial charge in [0.25, 0.3) is 0 Å². The Morgan fingerprint density at radius 3 is 2.59 bits per heavy atom. The molecule has 2 saturated heterocycles. The molecule has 2 aliphatic heterocycles. The molecule has 6 nitrogen and oxygen atoms in total. The van der Waals surface area contributed by atoms with E-state index < -0.39 is 0 Å². The van der Waals surface area contributed by atoms with E-state index in [2.05, 4.69) is 63.2 Å². The monoisotopic (exact) mass is 515 g/mol. The number of halogens is 1. The van der Waals surface area contributed by atoms with E-state index in [4.69, 9.17) is 4.74 Å². The molecule has 0 aromatic heterocycles. The molecule has 2 fully saturated rings. The summed E-state index contributed by atoms with van der Waals surface area (Å²) >= 11 is 0. The minimum atomic E-state index is 0. The van der Waals surface area contributed by atoms with Crippen LogP contribution in [0.3, 0.4) is 0 Å². The number of ether oxygens (including phenoxy) is 1. The van der Waals surface area contributed by atoms with Gasteiger partial charge >= 0.3 is 0 Å². The predicted octanol–water partition coefficient (Wildman–Crippen LogP) is 2.35. The second-order valence-electron chi connectivity index (χ2n) is 8.22. The highest BCUT2D eigenvalue weighted by atomic mass is 127. The van der Waals surface area contributed by atoms with Gasteiger partial charge in [0.1, 0.15) is 0 Å². The number of piperazine rings is 1. The first-order chi connectivity index (χ1) is 13.7. The highest BCUT2D eigenvalue weighted by molar-refractivity contribution is 14.0. The molecule has 29 heavy (non-hydrogen) atoms. The first-order valence-corrected chi connectivity index (χ1v) is 10.7. The van der Waals surface area contributed by atoms with Gasteiger partial charge in [0, 0.05) is 64.8 Å². The first kappa shape index (κ1) is 24.4. The SMILES string of the molecule is CN=C(NCC(C)N1CCN(C)CC1)N1CCC(COCc2ccccc2)C1.I. The second kappa shape index (κ2) is 12.7. The molecule has 1 N–H and O–H groups in total. The van der Waals surface area contributed by atoms with Crippen LogP contribution in [0.5, 0.6) is 0 Å². The Morgan fingerprint density at radius 2 is 1.90 bits per heavy atom. The Morgan fingerprint density at radius 1 is 1.17 bits per heavy atom. The van der Waals surface area contributed by atoms with Crippen LogP contribution in [0, 0.1) is 5.92 Å². The summed E-state index contributed by atoms with van der Waals surface area (Å²) in [5, 5.41) is 3.60. The van der Waals surface area contributed by atoms with Crippen molar-refractivity contribution in [2.75, 3.05) is 66.5 Å². The Labute approximate surface area is 193 Å². The van der Waals surface area contributed by atoms with Gasteiger partial charge in [0.05, 0.1) is 13.2 Å². The summed E-state index contributed by atoms with van der Waals surface area (Å²) in [7, 11) is 4.09. The lowest BCUT2D eigenvalue weighted by Gasteiger charge is -2.37. The smallest absolute Gasteiger partial charge is 0.193 e. The van der Waals surface area contributed by atoms with Crippen LogP contribution in [0.2, 0.25) is 0 Å². The van der Waals surface area contributed by atoms with Crippen molar-refractivity contribution in [1.29, 1.82) is 0 Å². The lowest BCUT2D eigenvalue weighted by molar-refractivity contribution is 0.0906. The number of guanidine groups is 1. The minimum Gasteiger partial charge on any atom is -0.376 e. The van der Waals surface area contributed by atoms with Crippen LogP contribution in [0.1, 0.15) is 18.9 Å². The zero-order chi connectivity index (χ0) is 19.8. The molecule has 0 radical (unpaired) electrons. The van der Waals surface area contributed by atoms with Crippen molar-refractivity contribution in [3.05, 3.63) is 35.9 Å². The van der Waals surface area contributed by atoms with Crippen LogP contribution in [0.25, 0.3) is 0 Å². The van der Waals surface area contributed by atoms with Crippen molar-refractivity contribution in [2.45, 2.75) is 26.0 Å². The molecular formula is C22H38IN5O. The number of hydrogen-bond acceptors (Lipinski definition) is 4. The Bertz CT molecular complexity index is 606. The van der Waals surface area contributed by atoms with Gasteiger partial charge in [-0.2, -0.15) is 0 Å². The number of rotatable bonds is 7. The standard InChI is InChI=1S/C22H37N5O.HI/c1-19(26-13-11-25(3)12-14-26)15-24-22(23-2)27-10-9-21(16-27)18-28-17-20-7-5-4-6-8-20;/h4-8,19,21H,9-18H2,1-3H3,(H,23,24);1H. The van der Waals surface area contributed by atoms with Crippen LogP contribution in [0.4, 0.5) is 0 Å². The lowest BCUT2D eigenvalue weighted by Crippen LogP contribution is -2.52. The van der Waals surface area contributed by atoms with E-state index in [1.807, 2.05) is 13.1 Å². The van der Waals surface area contributed by atoms with Gasteiger partial charge in [-0.25, -0.2) is 0 Å².